The first-order valence-corrected chi connectivity index (χ1v) is 5.06. The average Bonchev–Trinajstić information content (AvgIpc) is 2.21. The minimum Gasteiger partial charge on any atom is -0.391 e. The van der Waals surface area contributed by atoms with Gasteiger partial charge in [-0.05, 0) is 26.8 Å². The number of pyridine rings is 1. The van der Waals surface area contributed by atoms with Gasteiger partial charge in [0.25, 0.3) is 5.91 Å². The summed E-state index contributed by atoms with van der Waals surface area (Å²) in [6.45, 7) is 4.64. The van der Waals surface area contributed by atoms with Crippen LogP contribution < -0.4 is 5.32 Å². The molecule has 1 rings (SSSR count). The van der Waals surface area contributed by atoms with Crippen molar-refractivity contribution in [3.05, 3.63) is 29.6 Å². The second-order valence-corrected chi connectivity index (χ2v) is 4.32. The summed E-state index contributed by atoms with van der Waals surface area (Å²) in [5.41, 5.74) is -1.38. The molecule has 0 aliphatic carbocycles. The van der Waals surface area contributed by atoms with Crippen LogP contribution in [0.3, 0.4) is 0 Å². The lowest BCUT2D eigenvalue weighted by molar-refractivity contribution is 0.0705. The predicted molar refractivity (Wildman–Crippen MR) is 57.4 cm³/mol. The van der Waals surface area contributed by atoms with Gasteiger partial charge in [0.2, 0.25) is 5.95 Å². The van der Waals surface area contributed by atoms with Crippen LogP contribution in [0.4, 0.5) is 8.78 Å². The molecular formula is C11H14F2N2O2. The largest absolute Gasteiger partial charge is 0.391 e. The summed E-state index contributed by atoms with van der Waals surface area (Å²) in [6, 6.07) is 1.08. The Hall–Kier alpha value is -1.56. The number of amides is 1. The van der Waals surface area contributed by atoms with Crippen molar-refractivity contribution in [2.45, 2.75) is 32.4 Å². The molecule has 1 aromatic rings. The fourth-order valence-corrected chi connectivity index (χ4v) is 1.06. The second kappa shape index (κ2) is 4.75. The van der Waals surface area contributed by atoms with Crippen LogP contribution in [0.25, 0.3) is 0 Å². The highest BCUT2D eigenvalue weighted by Gasteiger charge is 2.28. The zero-order valence-electron chi connectivity index (χ0n) is 9.79. The van der Waals surface area contributed by atoms with Crippen LogP contribution in [0, 0.1) is 11.8 Å². The summed E-state index contributed by atoms with van der Waals surface area (Å²) < 4.78 is 26.1. The molecule has 0 bridgehead atoms. The Labute approximate surface area is 97.7 Å². The first-order chi connectivity index (χ1) is 7.75. The van der Waals surface area contributed by atoms with E-state index in [-0.39, 0.29) is 0 Å². The third-order valence-electron chi connectivity index (χ3n) is 2.57. The molecule has 6 heteroatoms. The number of aromatic nitrogens is 1. The summed E-state index contributed by atoms with van der Waals surface area (Å²) in [5, 5.41) is 11.8. The molecule has 1 unspecified atom stereocenters. The summed E-state index contributed by atoms with van der Waals surface area (Å²) in [5.74, 6) is -3.42. The Morgan fingerprint density at radius 1 is 1.53 bits per heavy atom. The van der Waals surface area contributed by atoms with E-state index in [1.807, 2.05) is 0 Å². The summed E-state index contributed by atoms with van der Waals surface area (Å²) in [7, 11) is 0. The smallest absolute Gasteiger partial charge is 0.254 e. The van der Waals surface area contributed by atoms with E-state index in [0.29, 0.717) is 0 Å². The van der Waals surface area contributed by atoms with Crippen molar-refractivity contribution in [3.63, 3.8) is 0 Å². The van der Waals surface area contributed by atoms with Crippen molar-refractivity contribution in [1.29, 1.82) is 0 Å². The van der Waals surface area contributed by atoms with Gasteiger partial charge < -0.3 is 10.4 Å². The third kappa shape index (κ3) is 2.97. The number of hydrogen-bond acceptors (Lipinski definition) is 3. The van der Waals surface area contributed by atoms with E-state index in [1.165, 1.54) is 6.92 Å². The summed E-state index contributed by atoms with van der Waals surface area (Å²) in [6.07, 6.45) is 0.170. The van der Waals surface area contributed by atoms with Gasteiger partial charge in [-0.2, -0.15) is 4.39 Å². The molecule has 0 fully saturated rings. The van der Waals surface area contributed by atoms with Crippen molar-refractivity contribution >= 4 is 5.91 Å². The Balaban J connectivity index is 2.95. The zero-order chi connectivity index (χ0) is 13.2. The Morgan fingerprint density at radius 2 is 2.12 bits per heavy atom. The maximum absolute atomic E-state index is 13.3. The SMILES string of the molecule is CC(O)C(C)(C)NC(=O)c1ccnc(F)c1F. The van der Waals surface area contributed by atoms with Crippen LogP contribution in [0.15, 0.2) is 12.3 Å². The molecule has 0 aromatic carbocycles. The standard InChI is InChI=1S/C11H14F2N2O2/c1-6(16)11(2,3)15-10(17)7-4-5-14-9(13)8(7)12/h4-6,16H,1-3H3,(H,15,17). The molecule has 1 aromatic heterocycles. The number of aliphatic hydroxyl groups is 1. The molecule has 1 atom stereocenters. The lowest BCUT2D eigenvalue weighted by atomic mass is 9.98. The van der Waals surface area contributed by atoms with Crippen molar-refractivity contribution in [2.24, 2.45) is 0 Å². The van der Waals surface area contributed by atoms with Gasteiger partial charge in [0.1, 0.15) is 0 Å². The van der Waals surface area contributed by atoms with Crippen molar-refractivity contribution < 1.29 is 18.7 Å². The second-order valence-electron chi connectivity index (χ2n) is 4.32. The summed E-state index contributed by atoms with van der Waals surface area (Å²) in [4.78, 5) is 14.8. The maximum atomic E-state index is 13.3. The highest BCUT2D eigenvalue weighted by atomic mass is 19.2. The lowest BCUT2D eigenvalue weighted by Crippen LogP contribution is -2.51. The van der Waals surface area contributed by atoms with Gasteiger partial charge in [0.15, 0.2) is 5.82 Å². The van der Waals surface area contributed by atoms with E-state index in [9.17, 15) is 18.7 Å². The Kier molecular flexibility index (Phi) is 3.77. The van der Waals surface area contributed by atoms with Crippen LogP contribution in [-0.4, -0.2) is 27.6 Å². The number of aliphatic hydroxyl groups excluding tert-OH is 1. The molecule has 1 amide bonds. The van der Waals surface area contributed by atoms with E-state index < -0.39 is 34.9 Å². The first kappa shape index (κ1) is 13.5. The molecule has 17 heavy (non-hydrogen) atoms. The first-order valence-electron chi connectivity index (χ1n) is 5.06. The van der Waals surface area contributed by atoms with Crippen LogP contribution in [0.2, 0.25) is 0 Å². The van der Waals surface area contributed by atoms with Gasteiger partial charge in [-0.15, -0.1) is 0 Å². The number of halogens is 2. The Morgan fingerprint density at radius 3 is 2.65 bits per heavy atom. The molecule has 0 spiro atoms. The zero-order valence-corrected chi connectivity index (χ0v) is 9.79. The van der Waals surface area contributed by atoms with Gasteiger partial charge in [-0.25, -0.2) is 9.37 Å². The normalized spacial score (nSPS) is 13.3. The monoisotopic (exact) mass is 244 g/mol. The van der Waals surface area contributed by atoms with Crippen molar-refractivity contribution in [3.8, 4) is 0 Å². The van der Waals surface area contributed by atoms with E-state index in [2.05, 4.69) is 10.3 Å². The van der Waals surface area contributed by atoms with E-state index in [1.54, 1.807) is 13.8 Å². The number of nitrogens with zero attached hydrogens (tertiary/aromatic N) is 1. The van der Waals surface area contributed by atoms with Gasteiger partial charge in [0.05, 0.1) is 17.2 Å². The molecule has 0 aliphatic rings. The molecule has 0 aliphatic heterocycles. The number of rotatable bonds is 3. The van der Waals surface area contributed by atoms with E-state index >= 15 is 0 Å². The molecule has 2 N–H and O–H groups in total. The number of carbonyl (C=O) groups is 1. The van der Waals surface area contributed by atoms with Crippen LogP contribution in [0.5, 0.6) is 0 Å². The van der Waals surface area contributed by atoms with E-state index in [4.69, 9.17) is 0 Å². The highest BCUT2D eigenvalue weighted by molar-refractivity contribution is 5.94. The highest BCUT2D eigenvalue weighted by Crippen LogP contribution is 2.13. The number of carbonyl (C=O) groups excluding carboxylic acids is 1. The molecule has 4 nitrogen and oxygen atoms in total. The predicted octanol–water partition coefficient (Wildman–Crippen LogP) is 1.25. The third-order valence-corrected chi connectivity index (χ3v) is 2.57. The maximum Gasteiger partial charge on any atom is 0.254 e. The molecule has 94 valence electrons. The van der Waals surface area contributed by atoms with Crippen molar-refractivity contribution in [1.82, 2.24) is 10.3 Å². The molecule has 0 radical (unpaired) electrons. The molecular weight excluding hydrogens is 230 g/mol. The van der Waals surface area contributed by atoms with Crippen LogP contribution >= 0.6 is 0 Å². The molecule has 1 heterocycles. The van der Waals surface area contributed by atoms with Gasteiger partial charge in [0, 0.05) is 6.20 Å². The minimum atomic E-state index is -1.33. The molecule has 0 saturated heterocycles. The van der Waals surface area contributed by atoms with Crippen molar-refractivity contribution in [2.75, 3.05) is 0 Å². The minimum absolute atomic E-state index is 0.439. The van der Waals surface area contributed by atoms with Gasteiger partial charge in [-0.1, -0.05) is 0 Å². The topological polar surface area (TPSA) is 62.2 Å². The fourth-order valence-electron chi connectivity index (χ4n) is 1.06. The fraction of sp³-hybridized carbons (Fsp3) is 0.455. The lowest BCUT2D eigenvalue weighted by Gasteiger charge is -2.29. The molecule has 0 saturated carbocycles. The number of hydrogen-bond donors (Lipinski definition) is 2. The van der Waals surface area contributed by atoms with Crippen LogP contribution in [0.1, 0.15) is 31.1 Å². The average molecular weight is 244 g/mol. The summed E-state index contributed by atoms with van der Waals surface area (Å²) >= 11 is 0. The van der Waals surface area contributed by atoms with Gasteiger partial charge in [-0.3, -0.25) is 4.79 Å². The Bertz CT molecular complexity index is 433. The van der Waals surface area contributed by atoms with Gasteiger partial charge >= 0.3 is 0 Å². The van der Waals surface area contributed by atoms with E-state index in [0.717, 1.165) is 12.3 Å². The number of nitrogens with one attached hydrogen (secondary N) is 1. The quantitative estimate of drug-likeness (QED) is 0.786. The van der Waals surface area contributed by atoms with Crippen LogP contribution in [-0.2, 0) is 0 Å².